The van der Waals surface area contributed by atoms with Crippen molar-refractivity contribution in [1.82, 2.24) is 9.88 Å². The number of aryl methyl sites for hydroxylation is 1. The van der Waals surface area contributed by atoms with Crippen LogP contribution < -0.4 is 0 Å². The third-order valence-electron chi connectivity index (χ3n) is 2.68. The second-order valence-corrected chi connectivity index (χ2v) is 5.33. The van der Waals surface area contributed by atoms with Gasteiger partial charge in [-0.3, -0.25) is 4.79 Å². The molecule has 0 radical (unpaired) electrons. The van der Waals surface area contributed by atoms with Gasteiger partial charge in [0.2, 0.25) is 5.91 Å². The smallest absolute Gasteiger partial charge is 0.228 e. The molecule has 0 bridgehead atoms. The van der Waals surface area contributed by atoms with Gasteiger partial charge in [0.15, 0.2) is 0 Å². The molecular formula is C14H16N2OS. The maximum absolute atomic E-state index is 11.6. The molecule has 2 aromatic rings. The summed E-state index contributed by atoms with van der Waals surface area (Å²) >= 11 is 1.58. The molecule has 0 unspecified atom stereocenters. The van der Waals surface area contributed by atoms with Gasteiger partial charge in [-0.05, 0) is 6.92 Å². The fourth-order valence-corrected chi connectivity index (χ4v) is 2.36. The zero-order valence-corrected chi connectivity index (χ0v) is 11.6. The SMILES string of the molecule is Cc1ccc(-c2nc(CC(=O)N(C)C)cs2)cc1. The van der Waals surface area contributed by atoms with Crippen molar-refractivity contribution in [2.75, 3.05) is 14.1 Å². The third kappa shape index (κ3) is 2.96. The first-order valence-electron chi connectivity index (χ1n) is 5.78. The maximum atomic E-state index is 11.6. The number of hydrogen-bond acceptors (Lipinski definition) is 3. The molecule has 0 saturated carbocycles. The number of amides is 1. The first kappa shape index (κ1) is 12.8. The summed E-state index contributed by atoms with van der Waals surface area (Å²) in [6.07, 6.45) is 0.370. The number of aromatic nitrogens is 1. The molecule has 0 atom stereocenters. The summed E-state index contributed by atoms with van der Waals surface area (Å²) in [7, 11) is 3.52. The van der Waals surface area contributed by atoms with Gasteiger partial charge in [-0.15, -0.1) is 11.3 Å². The Labute approximate surface area is 111 Å². The molecule has 94 valence electrons. The molecule has 0 spiro atoms. The minimum Gasteiger partial charge on any atom is -0.348 e. The number of hydrogen-bond donors (Lipinski definition) is 0. The van der Waals surface area contributed by atoms with Crippen LogP contribution in [-0.2, 0) is 11.2 Å². The monoisotopic (exact) mass is 260 g/mol. The van der Waals surface area contributed by atoms with E-state index in [0.717, 1.165) is 16.3 Å². The van der Waals surface area contributed by atoms with Gasteiger partial charge in [0.1, 0.15) is 5.01 Å². The van der Waals surface area contributed by atoms with Crippen LogP contribution in [0.15, 0.2) is 29.6 Å². The Morgan fingerprint density at radius 2 is 1.94 bits per heavy atom. The van der Waals surface area contributed by atoms with E-state index in [1.165, 1.54) is 5.56 Å². The summed E-state index contributed by atoms with van der Waals surface area (Å²) in [5.41, 5.74) is 3.18. The average Bonchev–Trinajstić information content (AvgIpc) is 2.78. The molecule has 0 aliphatic heterocycles. The summed E-state index contributed by atoms with van der Waals surface area (Å²) in [6.45, 7) is 2.06. The molecule has 2 rings (SSSR count). The number of thiazole rings is 1. The molecular weight excluding hydrogens is 244 g/mol. The minimum atomic E-state index is 0.0794. The lowest BCUT2D eigenvalue weighted by Crippen LogP contribution is -2.23. The summed E-state index contributed by atoms with van der Waals surface area (Å²) in [5, 5.41) is 2.92. The predicted molar refractivity (Wildman–Crippen MR) is 74.7 cm³/mol. The van der Waals surface area contributed by atoms with Crippen LogP contribution in [0.2, 0.25) is 0 Å². The van der Waals surface area contributed by atoms with E-state index in [9.17, 15) is 4.79 Å². The van der Waals surface area contributed by atoms with Crippen LogP contribution >= 0.6 is 11.3 Å². The predicted octanol–water partition coefficient (Wildman–Crippen LogP) is 2.75. The molecule has 18 heavy (non-hydrogen) atoms. The van der Waals surface area contributed by atoms with Crippen molar-refractivity contribution < 1.29 is 4.79 Å². The highest BCUT2D eigenvalue weighted by atomic mass is 32.1. The van der Waals surface area contributed by atoms with E-state index in [4.69, 9.17) is 0 Å². The van der Waals surface area contributed by atoms with E-state index in [0.29, 0.717) is 6.42 Å². The molecule has 0 saturated heterocycles. The maximum Gasteiger partial charge on any atom is 0.228 e. The Morgan fingerprint density at radius 3 is 2.56 bits per heavy atom. The van der Waals surface area contributed by atoms with Gasteiger partial charge in [0.25, 0.3) is 0 Å². The van der Waals surface area contributed by atoms with Crippen molar-refractivity contribution in [3.8, 4) is 10.6 Å². The molecule has 3 nitrogen and oxygen atoms in total. The lowest BCUT2D eigenvalue weighted by atomic mass is 10.2. The normalized spacial score (nSPS) is 10.4. The van der Waals surface area contributed by atoms with Gasteiger partial charge in [-0.25, -0.2) is 4.98 Å². The molecule has 4 heteroatoms. The first-order chi connectivity index (χ1) is 8.56. The van der Waals surface area contributed by atoms with Crippen LogP contribution in [0.4, 0.5) is 0 Å². The van der Waals surface area contributed by atoms with Gasteiger partial charge >= 0.3 is 0 Å². The molecule has 1 aromatic heterocycles. The van der Waals surface area contributed by atoms with E-state index in [1.54, 1.807) is 30.3 Å². The van der Waals surface area contributed by atoms with E-state index in [1.807, 2.05) is 5.38 Å². The van der Waals surface area contributed by atoms with Crippen LogP contribution in [0.1, 0.15) is 11.3 Å². The summed E-state index contributed by atoms with van der Waals surface area (Å²) in [5.74, 6) is 0.0794. The van der Waals surface area contributed by atoms with Crippen LogP contribution in [0.5, 0.6) is 0 Å². The molecule has 1 amide bonds. The van der Waals surface area contributed by atoms with Crippen LogP contribution in [0.3, 0.4) is 0 Å². The van der Waals surface area contributed by atoms with Crippen molar-refractivity contribution in [2.45, 2.75) is 13.3 Å². The number of rotatable bonds is 3. The van der Waals surface area contributed by atoms with Crippen molar-refractivity contribution in [3.05, 3.63) is 40.9 Å². The van der Waals surface area contributed by atoms with E-state index in [2.05, 4.69) is 36.2 Å². The average molecular weight is 260 g/mol. The van der Waals surface area contributed by atoms with Gasteiger partial charge < -0.3 is 4.90 Å². The van der Waals surface area contributed by atoms with E-state index in [-0.39, 0.29) is 5.91 Å². The van der Waals surface area contributed by atoms with Crippen LogP contribution in [-0.4, -0.2) is 29.9 Å². The van der Waals surface area contributed by atoms with E-state index >= 15 is 0 Å². The summed E-state index contributed by atoms with van der Waals surface area (Å²) in [6, 6.07) is 8.26. The number of likely N-dealkylation sites (N-methyl/N-ethyl adjacent to an activating group) is 1. The first-order valence-corrected chi connectivity index (χ1v) is 6.66. The zero-order valence-electron chi connectivity index (χ0n) is 10.8. The molecule has 0 aliphatic carbocycles. The topological polar surface area (TPSA) is 33.2 Å². The molecule has 0 fully saturated rings. The molecule has 0 N–H and O–H groups in total. The number of benzene rings is 1. The van der Waals surface area contributed by atoms with E-state index < -0.39 is 0 Å². The molecule has 1 aromatic carbocycles. The summed E-state index contributed by atoms with van der Waals surface area (Å²) < 4.78 is 0. The van der Waals surface area contributed by atoms with Crippen LogP contribution in [0.25, 0.3) is 10.6 Å². The Bertz CT molecular complexity index is 543. The van der Waals surface area contributed by atoms with Gasteiger partial charge in [0.05, 0.1) is 12.1 Å². The van der Waals surface area contributed by atoms with Gasteiger partial charge in [-0.1, -0.05) is 29.8 Å². The highest BCUT2D eigenvalue weighted by Gasteiger charge is 2.10. The lowest BCUT2D eigenvalue weighted by molar-refractivity contribution is -0.128. The third-order valence-corrected chi connectivity index (χ3v) is 3.62. The zero-order chi connectivity index (χ0) is 13.1. The van der Waals surface area contributed by atoms with Crippen LogP contribution in [0, 0.1) is 6.92 Å². The Morgan fingerprint density at radius 1 is 1.28 bits per heavy atom. The van der Waals surface area contributed by atoms with Crippen molar-refractivity contribution in [1.29, 1.82) is 0 Å². The fourth-order valence-electron chi connectivity index (χ4n) is 1.53. The Balaban J connectivity index is 2.15. The molecule has 0 aliphatic rings. The van der Waals surface area contributed by atoms with Crippen molar-refractivity contribution >= 4 is 17.2 Å². The highest BCUT2D eigenvalue weighted by Crippen LogP contribution is 2.24. The Hall–Kier alpha value is -1.68. The van der Waals surface area contributed by atoms with Crippen molar-refractivity contribution in [2.24, 2.45) is 0 Å². The minimum absolute atomic E-state index is 0.0794. The quantitative estimate of drug-likeness (QED) is 0.850. The Kier molecular flexibility index (Phi) is 3.77. The highest BCUT2D eigenvalue weighted by molar-refractivity contribution is 7.13. The second-order valence-electron chi connectivity index (χ2n) is 4.47. The van der Waals surface area contributed by atoms with Crippen molar-refractivity contribution in [3.63, 3.8) is 0 Å². The van der Waals surface area contributed by atoms with Gasteiger partial charge in [0, 0.05) is 25.0 Å². The second kappa shape index (κ2) is 5.31. The van der Waals surface area contributed by atoms with Gasteiger partial charge in [-0.2, -0.15) is 0 Å². The summed E-state index contributed by atoms with van der Waals surface area (Å²) in [4.78, 5) is 17.7. The molecule has 1 heterocycles. The largest absolute Gasteiger partial charge is 0.348 e. The standard InChI is InChI=1S/C14H16N2OS/c1-10-4-6-11(7-5-10)14-15-12(9-18-14)8-13(17)16(2)3/h4-7,9H,8H2,1-3H3. The fraction of sp³-hybridized carbons (Fsp3) is 0.286. The number of nitrogens with zero attached hydrogens (tertiary/aromatic N) is 2. The number of carbonyl (C=O) groups excluding carboxylic acids is 1. The lowest BCUT2D eigenvalue weighted by Gasteiger charge is -2.07. The number of carbonyl (C=O) groups is 1.